The lowest BCUT2D eigenvalue weighted by atomic mass is 10.1. The van der Waals surface area contributed by atoms with Crippen LogP contribution in [0.4, 0.5) is 15.8 Å². The molecule has 2 aliphatic heterocycles. The Bertz CT molecular complexity index is 689. The molecule has 2 saturated heterocycles. The molecule has 1 aromatic rings. The van der Waals surface area contributed by atoms with Gasteiger partial charge in [-0.05, 0) is 51.3 Å². The van der Waals surface area contributed by atoms with Crippen molar-refractivity contribution < 1.29 is 14.0 Å². The molecule has 27 heavy (non-hydrogen) atoms. The van der Waals surface area contributed by atoms with Crippen LogP contribution in [0.5, 0.6) is 0 Å². The van der Waals surface area contributed by atoms with E-state index < -0.39 is 6.04 Å². The maximum atomic E-state index is 14.5. The number of halogens is 1. The molecule has 7 heteroatoms. The highest BCUT2D eigenvalue weighted by atomic mass is 19.1. The first-order valence-electron chi connectivity index (χ1n) is 9.83. The number of rotatable bonds is 5. The van der Waals surface area contributed by atoms with Crippen molar-refractivity contribution in [2.24, 2.45) is 0 Å². The van der Waals surface area contributed by atoms with E-state index >= 15 is 0 Å². The van der Waals surface area contributed by atoms with E-state index in [2.05, 4.69) is 15.5 Å². The van der Waals surface area contributed by atoms with Gasteiger partial charge < -0.3 is 15.5 Å². The number of carbonyl (C=O) groups is 2. The molecule has 0 radical (unpaired) electrons. The zero-order chi connectivity index (χ0) is 19.4. The van der Waals surface area contributed by atoms with Gasteiger partial charge in [0.15, 0.2) is 0 Å². The summed E-state index contributed by atoms with van der Waals surface area (Å²) in [6.07, 6.45) is 3.40. The summed E-state index contributed by atoms with van der Waals surface area (Å²) >= 11 is 0. The van der Waals surface area contributed by atoms with Gasteiger partial charge in [0.05, 0.1) is 18.2 Å². The summed E-state index contributed by atoms with van der Waals surface area (Å²) in [5, 5.41) is 5.55. The second-order valence-electron chi connectivity index (χ2n) is 7.60. The number of benzene rings is 1. The molecule has 3 rings (SSSR count). The highest BCUT2D eigenvalue weighted by Crippen LogP contribution is 2.26. The van der Waals surface area contributed by atoms with Crippen molar-refractivity contribution in [2.75, 3.05) is 36.4 Å². The molecule has 1 unspecified atom stereocenters. The first kappa shape index (κ1) is 19.6. The monoisotopic (exact) mass is 376 g/mol. The molecule has 2 fully saturated rings. The minimum atomic E-state index is -0.490. The average Bonchev–Trinajstić information content (AvgIpc) is 2.64. The van der Waals surface area contributed by atoms with Crippen molar-refractivity contribution in [3.63, 3.8) is 0 Å². The standard InChI is InChI=1S/C20H29FN4O2/c1-14(2)25-11-8-22-20(27)18(25)13-19(26)23-15-6-7-17(16(21)12-15)24-9-4-3-5-10-24/h6-7,12,14,18H,3-5,8-11,13H2,1-2H3,(H,22,27)(H,23,26). The number of hydrogen-bond donors (Lipinski definition) is 2. The molecule has 0 saturated carbocycles. The first-order valence-corrected chi connectivity index (χ1v) is 9.83. The quantitative estimate of drug-likeness (QED) is 0.828. The van der Waals surface area contributed by atoms with Crippen molar-refractivity contribution in [3.8, 4) is 0 Å². The maximum Gasteiger partial charge on any atom is 0.237 e. The molecule has 1 atom stereocenters. The Balaban J connectivity index is 1.63. The summed E-state index contributed by atoms with van der Waals surface area (Å²) < 4.78 is 14.5. The van der Waals surface area contributed by atoms with E-state index in [0.29, 0.717) is 17.9 Å². The third-order valence-corrected chi connectivity index (χ3v) is 5.34. The van der Waals surface area contributed by atoms with Crippen LogP contribution in [-0.2, 0) is 9.59 Å². The number of nitrogens with one attached hydrogen (secondary N) is 2. The minimum Gasteiger partial charge on any atom is -0.369 e. The Hall–Kier alpha value is -2.15. The fourth-order valence-electron chi connectivity index (χ4n) is 3.92. The van der Waals surface area contributed by atoms with E-state index in [1.165, 1.54) is 12.5 Å². The van der Waals surface area contributed by atoms with Crippen molar-refractivity contribution in [2.45, 2.75) is 51.6 Å². The van der Waals surface area contributed by atoms with Gasteiger partial charge in [-0.15, -0.1) is 0 Å². The van der Waals surface area contributed by atoms with E-state index in [9.17, 15) is 14.0 Å². The zero-order valence-corrected chi connectivity index (χ0v) is 16.1. The van der Waals surface area contributed by atoms with Crippen molar-refractivity contribution in [1.82, 2.24) is 10.2 Å². The van der Waals surface area contributed by atoms with Gasteiger partial charge in [0.25, 0.3) is 0 Å². The number of nitrogens with zero attached hydrogens (tertiary/aromatic N) is 2. The number of piperidine rings is 1. The molecule has 148 valence electrons. The predicted molar refractivity (Wildman–Crippen MR) is 104 cm³/mol. The van der Waals surface area contributed by atoms with Crippen molar-refractivity contribution in [1.29, 1.82) is 0 Å². The predicted octanol–water partition coefficient (Wildman–Crippen LogP) is 2.35. The van der Waals surface area contributed by atoms with E-state index in [0.717, 1.165) is 32.5 Å². The Labute approximate surface area is 160 Å². The molecule has 0 aliphatic carbocycles. The van der Waals surface area contributed by atoms with Crippen LogP contribution >= 0.6 is 0 Å². The summed E-state index contributed by atoms with van der Waals surface area (Å²) in [5.41, 5.74) is 1.01. The molecule has 0 bridgehead atoms. The SMILES string of the molecule is CC(C)N1CCNC(=O)C1CC(=O)Nc1ccc(N2CCCCC2)c(F)c1. The molecular formula is C20H29FN4O2. The number of piperazine rings is 1. The highest BCUT2D eigenvalue weighted by Gasteiger charge is 2.33. The van der Waals surface area contributed by atoms with Gasteiger partial charge in [-0.2, -0.15) is 0 Å². The lowest BCUT2D eigenvalue weighted by Gasteiger charge is -2.37. The van der Waals surface area contributed by atoms with Crippen LogP contribution in [0.15, 0.2) is 18.2 Å². The second kappa shape index (κ2) is 8.69. The Morgan fingerprint density at radius 3 is 2.67 bits per heavy atom. The molecule has 1 aromatic carbocycles. The third-order valence-electron chi connectivity index (χ3n) is 5.34. The first-order chi connectivity index (χ1) is 13.0. The molecule has 2 N–H and O–H groups in total. The minimum absolute atomic E-state index is 0.0551. The van der Waals surface area contributed by atoms with Gasteiger partial charge in [0.2, 0.25) is 11.8 Å². The number of hydrogen-bond acceptors (Lipinski definition) is 4. The van der Waals surface area contributed by atoms with Crippen molar-refractivity contribution >= 4 is 23.2 Å². The molecule has 6 nitrogen and oxygen atoms in total. The lowest BCUT2D eigenvalue weighted by molar-refractivity contribution is -0.133. The van der Waals surface area contributed by atoms with Gasteiger partial charge in [-0.1, -0.05) is 0 Å². The summed E-state index contributed by atoms with van der Waals surface area (Å²) in [7, 11) is 0. The normalized spacial score (nSPS) is 21.3. The fraction of sp³-hybridized carbons (Fsp3) is 0.600. The van der Waals surface area contributed by atoms with Gasteiger partial charge >= 0.3 is 0 Å². The Morgan fingerprint density at radius 1 is 1.26 bits per heavy atom. The Morgan fingerprint density at radius 2 is 2.00 bits per heavy atom. The summed E-state index contributed by atoms with van der Waals surface area (Å²) in [6.45, 7) is 7.07. The molecule has 2 amide bonds. The lowest BCUT2D eigenvalue weighted by Crippen LogP contribution is -2.58. The highest BCUT2D eigenvalue weighted by molar-refractivity contribution is 5.95. The van der Waals surface area contributed by atoms with Crippen LogP contribution in [0.3, 0.4) is 0 Å². The smallest absolute Gasteiger partial charge is 0.237 e. The number of carbonyl (C=O) groups excluding carboxylic acids is 2. The van der Waals surface area contributed by atoms with E-state index in [1.807, 2.05) is 18.7 Å². The average molecular weight is 376 g/mol. The van der Waals surface area contributed by atoms with Gasteiger partial charge in [-0.25, -0.2) is 4.39 Å². The van der Waals surface area contributed by atoms with Crippen molar-refractivity contribution in [3.05, 3.63) is 24.0 Å². The molecule has 0 spiro atoms. The van der Waals surface area contributed by atoms with E-state index in [4.69, 9.17) is 0 Å². The zero-order valence-electron chi connectivity index (χ0n) is 16.1. The molecular weight excluding hydrogens is 347 g/mol. The summed E-state index contributed by atoms with van der Waals surface area (Å²) in [6, 6.07) is 4.50. The van der Waals surface area contributed by atoms with Crippen LogP contribution in [0.25, 0.3) is 0 Å². The summed E-state index contributed by atoms with van der Waals surface area (Å²) in [4.78, 5) is 28.7. The number of amides is 2. The summed E-state index contributed by atoms with van der Waals surface area (Å²) in [5.74, 6) is -0.738. The van der Waals surface area contributed by atoms with Crippen LogP contribution in [0.1, 0.15) is 39.5 Å². The number of anilines is 2. The van der Waals surface area contributed by atoms with E-state index in [1.54, 1.807) is 12.1 Å². The van der Waals surface area contributed by atoms with E-state index in [-0.39, 0.29) is 30.1 Å². The van der Waals surface area contributed by atoms with Crippen LogP contribution in [0.2, 0.25) is 0 Å². The topological polar surface area (TPSA) is 64.7 Å². The Kier molecular flexibility index (Phi) is 6.31. The van der Waals surface area contributed by atoms with Crippen LogP contribution in [0, 0.1) is 5.82 Å². The van der Waals surface area contributed by atoms with Gasteiger partial charge in [0.1, 0.15) is 5.82 Å². The largest absolute Gasteiger partial charge is 0.369 e. The molecule has 2 heterocycles. The third kappa shape index (κ3) is 4.77. The molecule has 0 aromatic heterocycles. The van der Waals surface area contributed by atoms with Crippen LogP contribution in [-0.4, -0.2) is 55.0 Å². The maximum absolute atomic E-state index is 14.5. The van der Waals surface area contributed by atoms with Gasteiger partial charge in [-0.3, -0.25) is 14.5 Å². The molecule has 2 aliphatic rings. The van der Waals surface area contributed by atoms with Crippen LogP contribution < -0.4 is 15.5 Å². The van der Waals surface area contributed by atoms with Gasteiger partial charge in [0, 0.05) is 37.9 Å². The fourth-order valence-corrected chi connectivity index (χ4v) is 3.92. The second-order valence-corrected chi connectivity index (χ2v) is 7.60.